The molecule has 0 amide bonds. The number of para-hydroxylation sites is 3. The quantitative estimate of drug-likeness (QED) is 0.556. The number of fused-ring (bicyclic) bond motifs is 2. The number of rotatable bonds is 1. The molecule has 0 unspecified atom stereocenters. The molecule has 0 saturated heterocycles. The summed E-state index contributed by atoms with van der Waals surface area (Å²) in [6.45, 7) is 2.08. The molecule has 2 aromatic carbocycles. The van der Waals surface area contributed by atoms with Gasteiger partial charge in [-0.3, -0.25) is 9.89 Å². The Morgan fingerprint density at radius 2 is 1.83 bits per heavy atom. The fourth-order valence-electron chi connectivity index (χ4n) is 2.24. The first-order valence-electron chi connectivity index (χ1n) is 5.89. The van der Waals surface area contributed by atoms with Crippen LogP contribution >= 0.6 is 0 Å². The van der Waals surface area contributed by atoms with Crippen LogP contribution in [0.2, 0.25) is 0 Å². The highest BCUT2D eigenvalue weighted by Crippen LogP contribution is 2.46. The number of hydrogen-bond acceptors (Lipinski definition) is 2. The van der Waals surface area contributed by atoms with Gasteiger partial charge in [0.25, 0.3) is 0 Å². The molecule has 0 aliphatic carbocycles. The van der Waals surface area contributed by atoms with Crippen molar-refractivity contribution in [2.75, 3.05) is 11.9 Å². The first-order chi connectivity index (χ1) is 8.81. The summed E-state index contributed by atoms with van der Waals surface area (Å²) in [7, 11) is 1.77. The van der Waals surface area contributed by atoms with Gasteiger partial charge in [-0.15, -0.1) is 0 Å². The third-order valence-corrected chi connectivity index (χ3v) is 3.02. The van der Waals surface area contributed by atoms with Crippen molar-refractivity contribution in [1.82, 2.24) is 0 Å². The van der Waals surface area contributed by atoms with Crippen LogP contribution in [0.25, 0.3) is 0 Å². The van der Waals surface area contributed by atoms with E-state index in [0.29, 0.717) is 0 Å². The Bertz CT molecular complexity index is 620. The van der Waals surface area contributed by atoms with Crippen molar-refractivity contribution in [2.24, 2.45) is 4.99 Å². The van der Waals surface area contributed by atoms with Crippen LogP contribution in [-0.4, -0.2) is 13.4 Å². The van der Waals surface area contributed by atoms with E-state index in [2.05, 4.69) is 22.9 Å². The lowest BCUT2D eigenvalue weighted by atomic mass is 10.1. The fraction of sp³-hybridized carbons (Fsp3) is 0.133. The Hall–Kier alpha value is -2.29. The Morgan fingerprint density at radius 3 is 2.67 bits per heavy atom. The van der Waals surface area contributed by atoms with Gasteiger partial charge in [0, 0.05) is 7.05 Å². The van der Waals surface area contributed by atoms with E-state index < -0.39 is 0 Å². The molecule has 0 N–H and O–H groups in total. The molecule has 0 aromatic heterocycles. The van der Waals surface area contributed by atoms with E-state index in [9.17, 15) is 0 Å². The molecule has 0 saturated carbocycles. The van der Waals surface area contributed by atoms with E-state index in [4.69, 9.17) is 4.74 Å². The third kappa shape index (κ3) is 1.56. The minimum absolute atomic E-state index is 0.857. The van der Waals surface area contributed by atoms with Crippen LogP contribution in [0.5, 0.6) is 11.5 Å². The maximum Gasteiger partial charge on any atom is 0.151 e. The molecular formula is C15H14N2O. The predicted molar refractivity (Wildman–Crippen MR) is 74.3 cm³/mol. The lowest BCUT2D eigenvalue weighted by molar-refractivity contribution is 0.477. The second-order valence-corrected chi connectivity index (χ2v) is 4.24. The fourth-order valence-corrected chi connectivity index (χ4v) is 2.24. The topological polar surface area (TPSA) is 24.8 Å². The maximum absolute atomic E-state index is 5.93. The molecule has 18 heavy (non-hydrogen) atoms. The highest BCUT2D eigenvalue weighted by atomic mass is 16.5. The van der Waals surface area contributed by atoms with Gasteiger partial charge in [0.1, 0.15) is 0 Å². The van der Waals surface area contributed by atoms with Crippen LogP contribution in [0.1, 0.15) is 5.56 Å². The highest BCUT2D eigenvalue weighted by Gasteiger charge is 2.24. The number of anilines is 2. The van der Waals surface area contributed by atoms with Crippen molar-refractivity contribution in [3.8, 4) is 11.5 Å². The van der Waals surface area contributed by atoms with E-state index in [0.717, 1.165) is 22.9 Å². The summed E-state index contributed by atoms with van der Waals surface area (Å²) in [6, 6.07) is 14.0. The first-order valence-corrected chi connectivity index (χ1v) is 5.89. The van der Waals surface area contributed by atoms with Crippen LogP contribution in [0.3, 0.4) is 0 Å². The zero-order chi connectivity index (χ0) is 12.5. The lowest BCUT2D eigenvalue weighted by Gasteiger charge is -2.30. The van der Waals surface area contributed by atoms with E-state index in [-0.39, 0.29) is 0 Å². The zero-order valence-corrected chi connectivity index (χ0v) is 10.4. The second-order valence-electron chi connectivity index (χ2n) is 4.24. The SMILES string of the molecule is C/N=C/N1c2ccccc2Oc2cccc(C)c21. The van der Waals surface area contributed by atoms with Gasteiger partial charge >= 0.3 is 0 Å². The largest absolute Gasteiger partial charge is 0.453 e. The molecular weight excluding hydrogens is 224 g/mol. The second kappa shape index (κ2) is 4.18. The van der Waals surface area contributed by atoms with Crippen molar-refractivity contribution >= 4 is 17.7 Å². The molecule has 0 bridgehead atoms. The van der Waals surface area contributed by atoms with E-state index in [1.807, 2.05) is 42.7 Å². The normalized spacial score (nSPS) is 13.1. The van der Waals surface area contributed by atoms with Crippen molar-refractivity contribution in [2.45, 2.75) is 6.92 Å². The van der Waals surface area contributed by atoms with Crippen molar-refractivity contribution in [3.05, 3.63) is 48.0 Å². The molecule has 90 valence electrons. The molecule has 1 heterocycles. The molecule has 2 aromatic rings. The predicted octanol–water partition coefficient (Wildman–Crippen LogP) is 3.90. The molecule has 1 aliphatic rings. The molecule has 3 nitrogen and oxygen atoms in total. The summed E-state index contributed by atoms with van der Waals surface area (Å²) in [6.07, 6.45) is 1.83. The molecule has 0 fully saturated rings. The van der Waals surface area contributed by atoms with Gasteiger partial charge < -0.3 is 4.74 Å². The molecule has 3 heteroatoms. The Kier molecular flexibility index (Phi) is 2.52. The highest BCUT2D eigenvalue weighted by molar-refractivity contribution is 5.96. The van der Waals surface area contributed by atoms with E-state index in [1.54, 1.807) is 7.05 Å². The van der Waals surface area contributed by atoms with Gasteiger partial charge in [0.15, 0.2) is 11.5 Å². The monoisotopic (exact) mass is 238 g/mol. The summed E-state index contributed by atoms with van der Waals surface area (Å²) in [5.74, 6) is 1.73. The van der Waals surface area contributed by atoms with Crippen LogP contribution in [0.4, 0.5) is 11.4 Å². The van der Waals surface area contributed by atoms with Crippen LogP contribution < -0.4 is 9.64 Å². The summed E-state index contributed by atoms with van der Waals surface area (Å²) in [4.78, 5) is 6.22. The van der Waals surface area contributed by atoms with Crippen LogP contribution in [0, 0.1) is 6.92 Å². The summed E-state index contributed by atoms with van der Waals surface area (Å²) in [5.41, 5.74) is 3.24. The molecule has 0 spiro atoms. The number of hydrogen-bond donors (Lipinski definition) is 0. The standard InChI is InChI=1S/C15H14N2O/c1-11-6-5-9-14-15(11)17(10-16-2)12-7-3-4-8-13(12)18-14/h3-10H,1-2H3/b16-10+. The van der Waals surface area contributed by atoms with Crippen molar-refractivity contribution in [1.29, 1.82) is 0 Å². The average Bonchev–Trinajstić information content (AvgIpc) is 2.39. The van der Waals surface area contributed by atoms with Crippen LogP contribution in [0.15, 0.2) is 47.5 Å². The number of nitrogens with zero attached hydrogens (tertiary/aromatic N) is 2. The van der Waals surface area contributed by atoms with Gasteiger partial charge in [-0.1, -0.05) is 24.3 Å². The molecule has 1 aliphatic heterocycles. The van der Waals surface area contributed by atoms with E-state index >= 15 is 0 Å². The minimum Gasteiger partial charge on any atom is -0.453 e. The summed E-state index contributed by atoms with van der Waals surface area (Å²) >= 11 is 0. The summed E-state index contributed by atoms with van der Waals surface area (Å²) < 4.78 is 5.93. The van der Waals surface area contributed by atoms with Gasteiger partial charge in [0.2, 0.25) is 0 Å². The van der Waals surface area contributed by atoms with Gasteiger partial charge in [-0.05, 0) is 30.7 Å². The number of aliphatic imine (C=N–C) groups is 1. The minimum atomic E-state index is 0.857. The molecule has 3 rings (SSSR count). The van der Waals surface area contributed by atoms with Crippen molar-refractivity contribution in [3.63, 3.8) is 0 Å². The van der Waals surface area contributed by atoms with E-state index in [1.165, 1.54) is 5.56 Å². The molecule has 0 atom stereocenters. The average molecular weight is 238 g/mol. The molecule has 0 radical (unpaired) electrons. The Morgan fingerprint density at radius 1 is 1.06 bits per heavy atom. The lowest BCUT2D eigenvalue weighted by Crippen LogP contribution is -2.20. The zero-order valence-electron chi connectivity index (χ0n) is 10.4. The number of aryl methyl sites for hydroxylation is 1. The third-order valence-electron chi connectivity index (χ3n) is 3.02. The van der Waals surface area contributed by atoms with Crippen LogP contribution in [-0.2, 0) is 0 Å². The Labute approximate surface area is 106 Å². The number of benzene rings is 2. The smallest absolute Gasteiger partial charge is 0.151 e. The van der Waals surface area contributed by atoms with Crippen molar-refractivity contribution < 1.29 is 4.74 Å². The first kappa shape index (κ1) is 10.8. The van der Waals surface area contributed by atoms with Gasteiger partial charge in [-0.2, -0.15) is 0 Å². The number of ether oxygens (including phenoxy) is 1. The summed E-state index contributed by atoms with van der Waals surface area (Å²) in [5, 5.41) is 0. The Balaban J connectivity index is 2.25. The maximum atomic E-state index is 5.93. The van der Waals surface area contributed by atoms with Gasteiger partial charge in [0.05, 0.1) is 17.7 Å². The van der Waals surface area contributed by atoms with Gasteiger partial charge in [-0.25, -0.2) is 0 Å².